The van der Waals surface area contributed by atoms with Crippen LogP contribution in [0.1, 0.15) is 56.1 Å². The van der Waals surface area contributed by atoms with Crippen molar-refractivity contribution >= 4 is 22.4 Å². The summed E-state index contributed by atoms with van der Waals surface area (Å²) < 4.78 is 12.2. The summed E-state index contributed by atoms with van der Waals surface area (Å²) in [4.78, 5) is 4.42. The summed E-state index contributed by atoms with van der Waals surface area (Å²) in [5.74, 6) is 3.22. The number of aromatic nitrogens is 1. The molecule has 5 rings (SSSR count). The molecule has 186 valence electrons. The number of benzene rings is 3. The van der Waals surface area contributed by atoms with Crippen LogP contribution in [0, 0.1) is 5.92 Å². The Morgan fingerprint density at radius 2 is 1.72 bits per heavy atom. The monoisotopic (exact) mass is 500 g/mol. The van der Waals surface area contributed by atoms with E-state index in [-0.39, 0.29) is 0 Å². The maximum absolute atomic E-state index is 6.63. The van der Waals surface area contributed by atoms with E-state index >= 15 is 0 Å². The van der Waals surface area contributed by atoms with E-state index in [1.54, 1.807) is 6.20 Å². The first kappa shape index (κ1) is 24.6. The Balaban J connectivity index is 1.26. The maximum Gasteiger partial charge on any atom is 0.221 e. The SMILES string of the molecule is CCC(N)C1CCC(c2ccc(Oc3cc4ccnc(OCc5ccccc5)c4cc3Cl)cc2)CC1. The van der Waals surface area contributed by atoms with Crippen molar-refractivity contribution in [3.63, 3.8) is 0 Å². The molecule has 0 spiro atoms. The van der Waals surface area contributed by atoms with E-state index in [1.807, 2.05) is 60.7 Å². The third-order valence-corrected chi connectivity index (χ3v) is 7.72. The summed E-state index contributed by atoms with van der Waals surface area (Å²) >= 11 is 6.63. The summed E-state index contributed by atoms with van der Waals surface area (Å²) in [7, 11) is 0. The van der Waals surface area contributed by atoms with Crippen molar-refractivity contribution in [2.75, 3.05) is 0 Å². The number of pyridine rings is 1. The maximum atomic E-state index is 6.63. The molecule has 1 fully saturated rings. The molecule has 1 aliphatic carbocycles. The standard InChI is InChI=1S/C31H33ClN2O2/c1-2-29(33)24-10-8-22(9-11-24)23-12-14-26(15-13-23)36-30-18-25-16-17-34-31(27(25)19-28(30)32)35-20-21-6-4-3-5-7-21/h3-7,12-19,22,24,29H,2,8-11,20,33H2,1H3. The first-order valence-corrected chi connectivity index (χ1v) is 13.3. The molecule has 5 heteroatoms. The lowest BCUT2D eigenvalue weighted by Crippen LogP contribution is -2.32. The van der Waals surface area contributed by atoms with Crippen LogP contribution in [0.25, 0.3) is 10.8 Å². The van der Waals surface area contributed by atoms with Crippen LogP contribution < -0.4 is 15.2 Å². The number of nitrogens with zero attached hydrogens (tertiary/aromatic N) is 1. The van der Waals surface area contributed by atoms with Gasteiger partial charge >= 0.3 is 0 Å². The predicted octanol–water partition coefficient (Wildman–Crippen LogP) is 8.27. The number of rotatable bonds is 8. The second-order valence-electron chi connectivity index (χ2n) is 9.75. The fourth-order valence-corrected chi connectivity index (χ4v) is 5.42. The van der Waals surface area contributed by atoms with E-state index in [0.717, 1.165) is 28.5 Å². The van der Waals surface area contributed by atoms with Crippen molar-refractivity contribution in [2.45, 2.75) is 57.6 Å². The van der Waals surface area contributed by atoms with Gasteiger partial charge in [-0.2, -0.15) is 0 Å². The number of nitrogens with two attached hydrogens (primary N) is 1. The Morgan fingerprint density at radius 1 is 0.972 bits per heavy atom. The molecule has 4 nitrogen and oxygen atoms in total. The van der Waals surface area contributed by atoms with E-state index in [2.05, 4.69) is 24.0 Å². The molecule has 0 saturated heterocycles. The van der Waals surface area contributed by atoms with Crippen LogP contribution in [-0.2, 0) is 6.61 Å². The van der Waals surface area contributed by atoms with Crippen molar-refractivity contribution in [3.05, 3.63) is 95.1 Å². The van der Waals surface area contributed by atoms with Gasteiger partial charge in [0.25, 0.3) is 0 Å². The highest BCUT2D eigenvalue weighted by atomic mass is 35.5. The van der Waals surface area contributed by atoms with E-state index in [9.17, 15) is 0 Å². The van der Waals surface area contributed by atoms with Crippen LogP contribution >= 0.6 is 11.6 Å². The highest BCUT2D eigenvalue weighted by Gasteiger charge is 2.25. The highest BCUT2D eigenvalue weighted by molar-refractivity contribution is 6.33. The van der Waals surface area contributed by atoms with Crippen molar-refractivity contribution in [1.29, 1.82) is 0 Å². The molecule has 1 heterocycles. The lowest BCUT2D eigenvalue weighted by atomic mass is 9.76. The topological polar surface area (TPSA) is 57.4 Å². The van der Waals surface area contributed by atoms with Gasteiger partial charge in [-0.1, -0.05) is 61.0 Å². The fourth-order valence-electron chi connectivity index (χ4n) is 5.22. The second-order valence-corrected chi connectivity index (χ2v) is 10.2. The largest absolute Gasteiger partial charge is 0.472 e. The zero-order valence-corrected chi connectivity index (χ0v) is 21.5. The average Bonchev–Trinajstić information content (AvgIpc) is 2.93. The highest BCUT2D eigenvalue weighted by Crippen LogP contribution is 2.39. The molecular formula is C31H33ClN2O2. The number of ether oxygens (including phenoxy) is 2. The number of halogens is 1. The van der Waals surface area contributed by atoms with Crippen LogP contribution in [0.15, 0.2) is 79.0 Å². The lowest BCUT2D eigenvalue weighted by Gasteiger charge is -2.32. The van der Waals surface area contributed by atoms with Gasteiger partial charge in [-0.15, -0.1) is 0 Å². The molecular weight excluding hydrogens is 468 g/mol. The van der Waals surface area contributed by atoms with E-state index in [0.29, 0.717) is 41.1 Å². The molecule has 1 atom stereocenters. The molecule has 2 N–H and O–H groups in total. The number of hydrogen-bond donors (Lipinski definition) is 1. The molecule has 0 bridgehead atoms. The van der Waals surface area contributed by atoms with E-state index < -0.39 is 0 Å². The molecule has 3 aromatic carbocycles. The fraction of sp³-hybridized carbons (Fsp3) is 0.323. The van der Waals surface area contributed by atoms with E-state index in [1.165, 1.54) is 31.2 Å². The smallest absolute Gasteiger partial charge is 0.221 e. The first-order chi connectivity index (χ1) is 17.6. The molecule has 0 radical (unpaired) electrons. The summed E-state index contributed by atoms with van der Waals surface area (Å²) in [5.41, 5.74) is 8.74. The van der Waals surface area contributed by atoms with E-state index in [4.69, 9.17) is 26.8 Å². The molecule has 0 amide bonds. The Morgan fingerprint density at radius 3 is 2.44 bits per heavy atom. The molecule has 36 heavy (non-hydrogen) atoms. The normalized spacial score (nSPS) is 18.6. The molecule has 0 aliphatic heterocycles. The summed E-state index contributed by atoms with van der Waals surface area (Å²) in [6, 6.07) is 24.6. The van der Waals surface area contributed by atoms with Crippen LogP contribution in [0.2, 0.25) is 5.02 Å². The average molecular weight is 501 g/mol. The van der Waals surface area contributed by atoms with Crippen LogP contribution in [0.5, 0.6) is 17.4 Å². The first-order valence-electron chi connectivity index (χ1n) is 12.9. The van der Waals surface area contributed by atoms with Crippen molar-refractivity contribution in [3.8, 4) is 17.4 Å². The van der Waals surface area contributed by atoms with Gasteiger partial charge < -0.3 is 15.2 Å². The van der Waals surface area contributed by atoms with Gasteiger partial charge in [-0.3, -0.25) is 0 Å². The van der Waals surface area contributed by atoms with Crippen molar-refractivity contribution < 1.29 is 9.47 Å². The van der Waals surface area contributed by atoms with Gasteiger partial charge in [0, 0.05) is 17.6 Å². The third kappa shape index (κ3) is 5.66. The Labute approximate surface area is 218 Å². The molecule has 1 saturated carbocycles. The minimum absolute atomic E-state index is 0.343. The van der Waals surface area contributed by atoms with Crippen LogP contribution in [0.3, 0.4) is 0 Å². The van der Waals surface area contributed by atoms with Crippen LogP contribution in [-0.4, -0.2) is 11.0 Å². The van der Waals surface area contributed by atoms with Gasteiger partial charge in [0.2, 0.25) is 5.88 Å². The minimum atomic E-state index is 0.343. The summed E-state index contributed by atoms with van der Waals surface area (Å²) in [6.07, 6.45) is 7.66. The minimum Gasteiger partial charge on any atom is -0.472 e. The Bertz CT molecular complexity index is 1290. The van der Waals surface area contributed by atoms with Crippen molar-refractivity contribution in [1.82, 2.24) is 4.98 Å². The number of fused-ring (bicyclic) bond motifs is 1. The molecule has 1 unspecified atom stereocenters. The van der Waals surface area contributed by atoms with Crippen LogP contribution in [0.4, 0.5) is 0 Å². The summed E-state index contributed by atoms with van der Waals surface area (Å²) in [6.45, 7) is 2.63. The zero-order valence-electron chi connectivity index (χ0n) is 20.7. The predicted molar refractivity (Wildman–Crippen MR) is 147 cm³/mol. The molecule has 1 aromatic heterocycles. The number of hydrogen-bond acceptors (Lipinski definition) is 4. The van der Waals surface area contributed by atoms with Gasteiger partial charge in [0.1, 0.15) is 18.1 Å². The summed E-state index contributed by atoms with van der Waals surface area (Å²) in [5, 5.41) is 2.35. The molecule has 4 aromatic rings. The van der Waals surface area contributed by atoms with Gasteiger partial charge in [-0.25, -0.2) is 4.98 Å². The lowest BCUT2D eigenvalue weighted by molar-refractivity contribution is 0.277. The molecule has 1 aliphatic rings. The Kier molecular flexibility index (Phi) is 7.74. The van der Waals surface area contributed by atoms with Gasteiger partial charge in [0.05, 0.1) is 5.02 Å². The quantitative estimate of drug-likeness (QED) is 0.264. The Hall–Kier alpha value is -3.08. The van der Waals surface area contributed by atoms with Gasteiger partial charge in [0.15, 0.2) is 0 Å². The van der Waals surface area contributed by atoms with Gasteiger partial charge in [-0.05, 0) is 90.8 Å². The second kappa shape index (κ2) is 11.3. The third-order valence-electron chi connectivity index (χ3n) is 7.43. The van der Waals surface area contributed by atoms with Crippen molar-refractivity contribution in [2.24, 2.45) is 11.7 Å². The zero-order chi connectivity index (χ0) is 24.9.